The number of urea groups is 1. The summed E-state index contributed by atoms with van der Waals surface area (Å²) in [5, 5.41) is 2.68. The zero-order valence-corrected chi connectivity index (χ0v) is 30.9. The molecule has 5 aromatic carbocycles. The molecule has 8 nitrogen and oxygen atoms in total. The topological polar surface area (TPSA) is 88.2 Å². The summed E-state index contributed by atoms with van der Waals surface area (Å²) in [6, 6.07) is 35.1. The maximum absolute atomic E-state index is 14.4. The number of hydrogen-bond acceptors (Lipinski definition) is 6. The molecule has 0 radical (unpaired) electrons. The van der Waals surface area contributed by atoms with E-state index in [1.165, 1.54) is 22.9 Å². The van der Waals surface area contributed by atoms with Gasteiger partial charge in [-0.05, 0) is 90.4 Å². The van der Waals surface area contributed by atoms with Crippen LogP contribution >= 0.6 is 11.6 Å². The lowest BCUT2D eigenvalue weighted by molar-refractivity contribution is -0.122. The second-order valence-corrected chi connectivity index (χ2v) is 14.4. The van der Waals surface area contributed by atoms with Crippen LogP contribution in [0.2, 0.25) is 5.02 Å². The Morgan fingerprint density at radius 3 is 2.06 bits per heavy atom. The van der Waals surface area contributed by atoms with Crippen molar-refractivity contribution in [3.8, 4) is 11.5 Å². The monoisotopic (exact) mass is 737 g/mol. The number of amides is 4. The fourth-order valence-electron chi connectivity index (χ4n) is 8.06. The van der Waals surface area contributed by atoms with Crippen LogP contribution in [0.25, 0.3) is 6.08 Å². The van der Waals surface area contributed by atoms with E-state index in [1.54, 1.807) is 12.1 Å². The third-order valence-corrected chi connectivity index (χ3v) is 10.7. The van der Waals surface area contributed by atoms with E-state index in [2.05, 4.69) is 34.5 Å². The second-order valence-electron chi connectivity index (χ2n) is 14.0. The van der Waals surface area contributed by atoms with Crippen molar-refractivity contribution in [1.29, 1.82) is 0 Å². The zero-order valence-electron chi connectivity index (χ0n) is 30.2. The van der Waals surface area contributed by atoms with Gasteiger partial charge in [-0.2, -0.15) is 0 Å². The van der Waals surface area contributed by atoms with Gasteiger partial charge in [0, 0.05) is 30.6 Å². The van der Waals surface area contributed by atoms with Gasteiger partial charge >= 0.3 is 6.03 Å². The molecule has 1 fully saturated rings. The van der Waals surface area contributed by atoms with Crippen LogP contribution in [-0.4, -0.2) is 37.5 Å². The van der Waals surface area contributed by atoms with Gasteiger partial charge in [-0.25, -0.2) is 9.69 Å². The molecule has 3 aliphatic rings. The van der Waals surface area contributed by atoms with Crippen LogP contribution in [0, 0.1) is 6.92 Å². The smallest absolute Gasteiger partial charge is 0.335 e. The lowest BCUT2D eigenvalue weighted by atomic mass is 9.76. The number of barbiturate groups is 1. The van der Waals surface area contributed by atoms with E-state index in [0.717, 1.165) is 53.1 Å². The number of hydrogen-bond donors (Lipinski definition) is 1. The Labute approximate surface area is 320 Å². The zero-order chi connectivity index (χ0) is 37.3. The fourth-order valence-corrected chi connectivity index (χ4v) is 8.33. The Kier molecular flexibility index (Phi) is 9.69. The summed E-state index contributed by atoms with van der Waals surface area (Å²) < 4.78 is 12.0. The Hall–Kier alpha value is -5.86. The third-order valence-electron chi connectivity index (χ3n) is 10.5. The minimum atomic E-state index is -0.793. The van der Waals surface area contributed by atoms with Crippen molar-refractivity contribution in [2.24, 2.45) is 0 Å². The number of aryl methyl sites for hydroxylation is 1. The lowest BCUT2D eigenvalue weighted by Gasteiger charge is -2.44. The summed E-state index contributed by atoms with van der Waals surface area (Å²) in [5.41, 5.74) is 8.41. The number of carbonyl (C=O) groups excluding carboxylic acids is 3. The maximum atomic E-state index is 14.4. The van der Waals surface area contributed by atoms with Crippen molar-refractivity contribution >= 4 is 46.9 Å². The molecule has 0 aromatic heterocycles. The number of rotatable bonds is 9. The molecule has 4 amide bonds. The molecule has 1 N–H and O–H groups in total. The number of ether oxygens (including phenoxy) is 2. The molecule has 2 atom stereocenters. The second kappa shape index (κ2) is 14.9. The van der Waals surface area contributed by atoms with Gasteiger partial charge in [0.15, 0.2) is 11.5 Å². The molecule has 0 spiro atoms. The van der Waals surface area contributed by atoms with Crippen LogP contribution in [0.5, 0.6) is 11.5 Å². The van der Waals surface area contributed by atoms with Crippen molar-refractivity contribution in [3.05, 3.63) is 159 Å². The number of anilines is 2. The van der Waals surface area contributed by atoms with Gasteiger partial charge in [-0.1, -0.05) is 102 Å². The van der Waals surface area contributed by atoms with Crippen LogP contribution in [0.15, 0.2) is 115 Å². The first-order valence-corrected chi connectivity index (χ1v) is 18.8. The van der Waals surface area contributed by atoms with E-state index >= 15 is 0 Å². The summed E-state index contributed by atoms with van der Waals surface area (Å²) in [5.74, 6) is -0.646. The normalized spacial score (nSPS) is 18.7. The maximum Gasteiger partial charge on any atom is 0.335 e. The van der Waals surface area contributed by atoms with Crippen molar-refractivity contribution in [3.63, 3.8) is 0 Å². The molecule has 8 rings (SSSR count). The van der Waals surface area contributed by atoms with Crippen molar-refractivity contribution < 1.29 is 23.9 Å². The van der Waals surface area contributed by atoms with Crippen LogP contribution < -0.4 is 24.6 Å². The van der Waals surface area contributed by atoms with E-state index in [0.29, 0.717) is 29.4 Å². The molecule has 0 unspecified atom stereocenters. The molecular formula is C45H40ClN3O5. The number of halogens is 1. The van der Waals surface area contributed by atoms with Crippen LogP contribution in [-0.2, 0) is 16.2 Å². The molecule has 0 bridgehead atoms. The number of imide groups is 2. The predicted molar refractivity (Wildman–Crippen MR) is 212 cm³/mol. The summed E-state index contributed by atoms with van der Waals surface area (Å²) in [7, 11) is 0. The molecule has 54 heavy (non-hydrogen) atoms. The third kappa shape index (κ3) is 6.74. The Morgan fingerprint density at radius 1 is 0.796 bits per heavy atom. The van der Waals surface area contributed by atoms with Crippen LogP contribution in [0.3, 0.4) is 0 Å². The standard InChI is InChI=1S/C45H40ClN3O5/c1-3-53-40-24-30(23-39(46)42(40)54-27-29-12-10-11-28(2)21-29)22-38-43(50)47-45(52)49(44(38)51)33-25-36-34(31-13-6-4-7-14-31)17-19-48-20-18-35(37(26-33)41(36)48)32-15-8-5-9-16-32/h4-16,21-26,34-35H,3,17-20,27H2,1-2H3,(H,47,50,52)/b38-22+/t34-,35-/m0/s1. The minimum Gasteiger partial charge on any atom is -0.490 e. The summed E-state index contributed by atoms with van der Waals surface area (Å²) in [6.07, 6.45) is 3.24. The summed E-state index contributed by atoms with van der Waals surface area (Å²) in [6.45, 7) is 6.29. The van der Waals surface area contributed by atoms with Crippen molar-refractivity contribution in [1.82, 2.24) is 5.32 Å². The Morgan fingerprint density at radius 2 is 1.44 bits per heavy atom. The van der Waals surface area contributed by atoms with E-state index in [-0.39, 0.29) is 29.0 Å². The molecule has 9 heteroatoms. The summed E-state index contributed by atoms with van der Waals surface area (Å²) in [4.78, 5) is 45.0. The Balaban J connectivity index is 1.19. The van der Waals surface area contributed by atoms with E-state index in [4.69, 9.17) is 21.1 Å². The largest absolute Gasteiger partial charge is 0.490 e. The first kappa shape index (κ1) is 35.2. The molecular weight excluding hydrogens is 698 g/mol. The van der Waals surface area contributed by atoms with Gasteiger partial charge in [-0.3, -0.25) is 14.9 Å². The van der Waals surface area contributed by atoms with Crippen LogP contribution in [0.1, 0.15) is 70.5 Å². The lowest BCUT2D eigenvalue weighted by Crippen LogP contribution is -2.54. The molecule has 0 aliphatic carbocycles. The highest BCUT2D eigenvalue weighted by molar-refractivity contribution is 6.39. The highest BCUT2D eigenvalue weighted by Crippen LogP contribution is 2.50. The molecule has 272 valence electrons. The quantitative estimate of drug-likeness (QED) is 0.120. The number of carbonyl (C=O) groups is 3. The molecule has 0 saturated carbocycles. The molecule has 3 heterocycles. The highest BCUT2D eigenvalue weighted by Gasteiger charge is 2.40. The van der Waals surface area contributed by atoms with Gasteiger partial charge in [0.25, 0.3) is 11.8 Å². The SMILES string of the molecule is CCOc1cc(/C=C2\C(=O)NC(=O)N(c3cc4c5c(c3)[C@H](c3ccccc3)CCN5CC[C@H]4c3ccccc3)C2=O)cc(Cl)c1OCc1cccc(C)c1. The molecule has 1 saturated heterocycles. The van der Waals surface area contributed by atoms with Crippen molar-refractivity contribution in [2.75, 3.05) is 29.5 Å². The van der Waals surface area contributed by atoms with E-state index < -0.39 is 17.8 Å². The molecule has 3 aliphatic heterocycles. The summed E-state index contributed by atoms with van der Waals surface area (Å²) >= 11 is 6.76. The first-order chi connectivity index (χ1) is 26.3. The van der Waals surface area contributed by atoms with Gasteiger partial charge in [0.2, 0.25) is 0 Å². The first-order valence-electron chi connectivity index (χ1n) is 18.4. The van der Waals surface area contributed by atoms with E-state index in [1.807, 2.05) is 86.6 Å². The number of benzene rings is 5. The van der Waals surface area contributed by atoms with Gasteiger partial charge in [-0.15, -0.1) is 0 Å². The average Bonchev–Trinajstić information content (AvgIpc) is 3.17. The molecule has 5 aromatic rings. The van der Waals surface area contributed by atoms with Crippen LogP contribution in [0.4, 0.5) is 16.2 Å². The predicted octanol–water partition coefficient (Wildman–Crippen LogP) is 9.17. The van der Waals surface area contributed by atoms with Gasteiger partial charge in [0.05, 0.1) is 17.3 Å². The minimum absolute atomic E-state index is 0.0658. The number of nitrogens with zero attached hydrogens (tertiary/aromatic N) is 2. The van der Waals surface area contributed by atoms with Gasteiger partial charge < -0.3 is 14.4 Å². The highest BCUT2D eigenvalue weighted by atomic mass is 35.5. The van der Waals surface area contributed by atoms with Gasteiger partial charge in [0.1, 0.15) is 12.2 Å². The Bertz CT molecular complexity index is 2220. The van der Waals surface area contributed by atoms with E-state index in [9.17, 15) is 14.4 Å². The number of nitrogens with one attached hydrogen (secondary N) is 1. The fraction of sp³-hybridized carbons (Fsp3) is 0.222. The average molecular weight is 738 g/mol. The van der Waals surface area contributed by atoms with Crippen molar-refractivity contribution in [2.45, 2.75) is 45.1 Å².